The number of anilines is 3. The van der Waals surface area contributed by atoms with Gasteiger partial charge in [0.15, 0.2) is 0 Å². The van der Waals surface area contributed by atoms with Gasteiger partial charge < -0.3 is 10.2 Å². The molecule has 1 N–H and O–H groups in total. The van der Waals surface area contributed by atoms with Crippen molar-refractivity contribution in [1.82, 2.24) is 14.8 Å². The molecule has 0 atom stereocenters. The van der Waals surface area contributed by atoms with Gasteiger partial charge >= 0.3 is 6.18 Å². The van der Waals surface area contributed by atoms with Crippen LogP contribution in [0, 0.1) is 11.6 Å². The van der Waals surface area contributed by atoms with Gasteiger partial charge in [-0.25, -0.2) is 13.5 Å². The van der Waals surface area contributed by atoms with Gasteiger partial charge in [-0.15, -0.1) is 5.10 Å². The molecule has 1 fully saturated rings. The van der Waals surface area contributed by atoms with Crippen LogP contribution in [-0.2, 0) is 6.18 Å². The first-order valence-electron chi connectivity index (χ1n) is 13.2. The van der Waals surface area contributed by atoms with Crippen molar-refractivity contribution < 1.29 is 22.0 Å². The molecule has 0 saturated carbocycles. The quantitative estimate of drug-likeness (QED) is 0.266. The molecule has 5 nitrogen and oxygen atoms in total. The normalized spacial score (nSPS) is 20.6. The maximum Gasteiger partial charge on any atom is 0.416 e. The summed E-state index contributed by atoms with van der Waals surface area (Å²) in [5, 5.41) is 5.12. The third kappa shape index (κ3) is 4.53. The molecule has 1 aliphatic heterocycles. The van der Waals surface area contributed by atoms with Crippen molar-refractivity contribution in [3.8, 4) is 5.69 Å². The van der Waals surface area contributed by atoms with Gasteiger partial charge in [-0.05, 0) is 41.0 Å². The Kier molecular flexibility index (Phi) is 7.03. The van der Waals surface area contributed by atoms with Crippen LogP contribution in [0.1, 0.15) is 5.56 Å². The molecule has 40 heavy (non-hydrogen) atoms. The predicted molar refractivity (Wildman–Crippen MR) is 177 cm³/mol. The van der Waals surface area contributed by atoms with E-state index >= 15 is 0 Å². The van der Waals surface area contributed by atoms with Crippen LogP contribution in [0.15, 0.2) is 42.7 Å². The number of hydrogen-bond donors (Lipinski definition) is 1. The number of nitrogens with zero attached hydrogens (tertiary/aromatic N) is 4. The topological polar surface area (TPSA) is 46.0 Å². The summed E-state index contributed by atoms with van der Waals surface area (Å²) in [5.41, 5.74) is -0.173. The number of hydrogen-bond acceptors (Lipinski definition) is 4. The van der Waals surface area contributed by atoms with Gasteiger partial charge in [0.2, 0.25) is 5.95 Å². The van der Waals surface area contributed by atoms with Gasteiger partial charge in [-0.3, -0.25) is 0 Å². The third-order valence-electron chi connectivity index (χ3n) is 10.7. The Bertz CT molecular complexity index is 1410. The summed E-state index contributed by atoms with van der Waals surface area (Å²) in [6.07, 6.45) is -3.37. The number of piperidine rings is 1. The first-order valence-corrected chi connectivity index (χ1v) is 13.2. The summed E-state index contributed by atoms with van der Waals surface area (Å²) >= 11 is 0. The molecule has 2 heterocycles. The Morgan fingerprint density at radius 3 is 1.70 bits per heavy atom. The third-order valence-corrected chi connectivity index (χ3v) is 10.7. The molecular weight excluding hydrogens is 513 g/mol. The molecule has 1 aliphatic rings. The second-order valence-electron chi connectivity index (χ2n) is 13.4. The highest BCUT2D eigenvalue weighted by molar-refractivity contribution is 6.71. The summed E-state index contributed by atoms with van der Waals surface area (Å²) in [6, 6.07) is 6.77. The van der Waals surface area contributed by atoms with Crippen molar-refractivity contribution >= 4 is 95.8 Å². The van der Waals surface area contributed by atoms with Crippen LogP contribution in [0.5, 0.6) is 0 Å². The minimum atomic E-state index is -4.60. The van der Waals surface area contributed by atoms with Gasteiger partial charge in [0.1, 0.15) is 49.3 Å². The molecule has 0 radical (unpaired) electrons. The highest BCUT2D eigenvalue weighted by atomic mass is 19.4. The van der Waals surface area contributed by atoms with Crippen LogP contribution < -0.4 is 10.2 Å². The van der Waals surface area contributed by atoms with Crippen LogP contribution in [0.2, 0.25) is 15.6 Å². The molecule has 0 bridgehead atoms. The highest BCUT2D eigenvalue weighted by Crippen LogP contribution is 2.69. The molecule has 0 spiro atoms. The van der Waals surface area contributed by atoms with Gasteiger partial charge in [0, 0.05) is 17.4 Å². The summed E-state index contributed by atoms with van der Waals surface area (Å²) in [6.45, 7) is 0. The molecule has 0 unspecified atom stereocenters. The van der Waals surface area contributed by atoms with E-state index < -0.39 is 34.0 Å². The summed E-state index contributed by atoms with van der Waals surface area (Å²) in [5.74, 6) is -1.60. The number of halogens is 5. The zero-order chi connectivity index (χ0) is 30.3. The fraction of sp³-hybridized carbons (Fsp3) is 0.300. The molecule has 0 aliphatic carbocycles. The summed E-state index contributed by atoms with van der Waals surface area (Å²) in [7, 11) is 21.5. The molecular formula is C20H28B10F5N5. The Hall–Kier alpha value is -2.52. The van der Waals surface area contributed by atoms with E-state index in [1.54, 1.807) is 6.07 Å². The Labute approximate surface area is 240 Å². The number of rotatable bonds is 4. The lowest BCUT2D eigenvalue weighted by molar-refractivity contribution is -0.137. The first-order chi connectivity index (χ1) is 18.0. The molecule has 1 saturated heterocycles. The molecule has 4 rings (SSSR count). The van der Waals surface area contributed by atoms with E-state index in [0.717, 1.165) is 28.9 Å². The van der Waals surface area contributed by atoms with E-state index in [4.69, 9.17) is 0 Å². The number of nitrogens with one attached hydrogen (secondary N) is 1. The minimum Gasteiger partial charge on any atom is -0.394 e. The summed E-state index contributed by atoms with van der Waals surface area (Å²) < 4.78 is 71.2. The molecule has 2 aromatic carbocycles. The largest absolute Gasteiger partial charge is 0.416 e. The Morgan fingerprint density at radius 1 is 0.675 bits per heavy atom. The van der Waals surface area contributed by atoms with E-state index in [0.29, 0.717) is 5.69 Å². The lowest BCUT2D eigenvalue weighted by Gasteiger charge is -2.77. The van der Waals surface area contributed by atoms with Gasteiger partial charge in [0.25, 0.3) is 0 Å². The van der Waals surface area contributed by atoms with E-state index in [2.05, 4.69) is 98.8 Å². The average molecular weight is 542 g/mol. The highest BCUT2D eigenvalue weighted by Gasteiger charge is 2.65. The Morgan fingerprint density at radius 2 is 1.20 bits per heavy atom. The van der Waals surface area contributed by atoms with Crippen molar-refractivity contribution in [3.63, 3.8) is 0 Å². The smallest absolute Gasteiger partial charge is 0.394 e. The molecule has 1 aromatic heterocycles. The second-order valence-corrected chi connectivity index (χ2v) is 13.4. The monoisotopic (exact) mass is 543 g/mol. The number of benzene rings is 2. The maximum absolute atomic E-state index is 14.2. The molecule has 0 amide bonds. The van der Waals surface area contributed by atoms with Crippen LogP contribution in [0.3, 0.4) is 0 Å². The van der Waals surface area contributed by atoms with Gasteiger partial charge in [0.05, 0.1) is 58.3 Å². The van der Waals surface area contributed by atoms with Crippen molar-refractivity contribution in [2.45, 2.75) is 32.5 Å². The van der Waals surface area contributed by atoms with Crippen LogP contribution in [-0.4, -0.2) is 104 Å². The van der Waals surface area contributed by atoms with Crippen LogP contribution in [0.4, 0.5) is 39.3 Å². The van der Waals surface area contributed by atoms with E-state index in [-0.39, 0.29) is 33.0 Å². The van der Waals surface area contributed by atoms with Gasteiger partial charge in [-0.1, -0.05) is 15.6 Å². The molecule has 20 heteroatoms. The second kappa shape index (κ2) is 9.24. The van der Waals surface area contributed by atoms with Crippen molar-refractivity contribution in [3.05, 3.63) is 59.9 Å². The Balaban J connectivity index is 1.84. The summed E-state index contributed by atoms with van der Waals surface area (Å²) in [4.78, 5) is 6.22. The van der Waals surface area contributed by atoms with E-state index in [1.807, 2.05) is 0 Å². The van der Waals surface area contributed by atoms with E-state index in [9.17, 15) is 22.0 Å². The zero-order valence-electron chi connectivity index (χ0n) is 24.7. The van der Waals surface area contributed by atoms with Crippen molar-refractivity contribution in [2.24, 2.45) is 0 Å². The average Bonchev–Trinajstić information content (AvgIpc) is 3.25. The van der Waals surface area contributed by atoms with Gasteiger partial charge in [-0.2, -0.15) is 18.2 Å². The number of alkyl halides is 3. The molecule has 198 valence electrons. The minimum absolute atomic E-state index is 0.0195. The lowest BCUT2D eigenvalue weighted by Crippen LogP contribution is -2.81. The first kappa shape index (κ1) is 30.4. The standard InChI is InChI=1S/C20H28B10F5N5/c21-16(22)17(23,24)19(27,28)40(20(29,30)18(16,25)26)13-2-8(15(33,34)35)1-11(6-13)37-14-36-7-39(38-14)12-4-9(31)3-10(32)5-12/h1-7H,21-30H2,(H,37,38). The van der Waals surface area contributed by atoms with Crippen LogP contribution in [0.25, 0.3) is 5.69 Å². The lowest BCUT2D eigenvalue weighted by atomic mass is 9.05. The van der Waals surface area contributed by atoms with Crippen molar-refractivity contribution in [1.29, 1.82) is 0 Å². The SMILES string of the molecule is BC1(B)N(c2cc(Nc3ncn(-c4cc(F)cc(F)c4)n3)cc(C(F)(F)F)c2)C(B)(B)C(B)(B)C(B)(B)C1(B)B. The zero-order valence-corrected chi connectivity index (χ0v) is 24.7. The molecule has 3 aromatic rings. The maximum atomic E-state index is 14.2. The fourth-order valence-electron chi connectivity index (χ4n) is 6.44. The van der Waals surface area contributed by atoms with Crippen LogP contribution >= 0.6 is 0 Å². The predicted octanol–water partition coefficient (Wildman–Crippen LogP) is -4.88. The van der Waals surface area contributed by atoms with E-state index in [1.165, 1.54) is 12.4 Å². The number of aromatic nitrogens is 3. The van der Waals surface area contributed by atoms with Crippen molar-refractivity contribution in [2.75, 3.05) is 10.2 Å². The fourth-order valence-corrected chi connectivity index (χ4v) is 6.44.